The Hall–Kier alpha value is -2.41. The maximum Gasteiger partial charge on any atom is 0.272 e. The summed E-state index contributed by atoms with van der Waals surface area (Å²) in [6, 6.07) is 13.8. The molecule has 0 bridgehead atoms. The summed E-state index contributed by atoms with van der Waals surface area (Å²) in [5.74, 6) is 1.93. The topological polar surface area (TPSA) is 75.2 Å². The van der Waals surface area contributed by atoms with Gasteiger partial charge in [0.15, 0.2) is 11.5 Å². The monoisotopic (exact) mass is 396 g/mol. The van der Waals surface area contributed by atoms with Crippen LogP contribution in [0.5, 0.6) is 0 Å². The van der Waals surface area contributed by atoms with Gasteiger partial charge in [-0.1, -0.05) is 42.1 Å². The summed E-state index contributed by atoms with van der Waals surface area (Å²) in [5.41, 5.74) is 1.66. The van der Waals surface area contributed by atoms with Crippen LogP contribution in [0.3, 0.4) is 0 Å². The Kier molecular flexibility index (Phi) is 5.90. The van der Waals surface area contributed by atoms with E-state index in [1.54, 1.807) is 6.07 Å². The predicted octanol–water partition coefficient (Wildman–Crippen LogP) is 2.70. The number of thioether (sulfide) groups is 1. The van der Waals surface area contributed by atoms with Crippen molar-refractivity contribution in [1.29, 1.82) is 0 Å². The fourth-order valence-corrected chi connectivity index (χ4v) is 4.72. The summed E-state index contributed by atoms with van der Waals surface area (Å²) in [7, 11) is 0. The molecule has 7 heteroatoms. The van der Waals surface area contributed by atoms with Crippen LogP contribution < -0.4 is 10.2 Å². The van der Waals surface area contributed by atoms with Crippen molar-refractivity contribution in [2.75, 3.05) is 23.7 Å². The molecule has 1 amide bonds. The fourth-order valence-electron chi connectivity index (χ4n) is 3.79. The summed E-state index contributed by atoms with van der Waals surface area (Å²) in [6.45, 7) is 1.90. The molecule has 146 valence electrons. The molecule has 2 fully saturated rings. The van der Waals surface area contributed by atoms with Crippen LogP contribution in [-0.4, -0.2) is 46.1 Å². The van der Waals surface area contributed by atoms with Crippen molar-refractivity contribution in [3.63, 3.8) is 0 Å². The van der Waals surface area contributed by atoms with Gasteiger partial charge in [0, 0.05) is 18.8 Å². The zero-order valence-electron chi connectivity index (χ0n) is 15.7. The molecule has 0 spiro atoms. The highest BCUT2D eigenvalue weighted by molar-refractivity contribution is 8.14. The normalized spacial score (nSPS) is 20.4. The molecular weight excluding hydrogens is 372 g/mol. The average molecular weight is 397 g/mol. The first kappa shape index (κ1) is 18.9. The molecule has 1 N–H and O–H groups in total. The first-order chi connectivity index (χ1) is 13.7. The summed E-state index contributed by atoms with van der Waals surface area (Å²) in [5, 5.41) is 11.1. The summed E-state index contributed by atoms with van der Waals surface area (Å²) >= 11 is 1.27. The fraction of sp³-hybridized carbons (Fsp3) is 0.429. The van der Waals surface area contributed by atoms with Crippen molar-refractivity contribution >= 4 is 28.6 Å². The van der Waals surface area contributed by atoms with E-state index in [1.807, 2.05) is 6.07 Å². The standard InChI is InChI=1S/C21H24N4O2S/c26-20(22-18-10-13-28-21(18)27)17-6-7-19(24-23-17)25-11-8-16(9-12-25)14-15-4-2-1-3-5-15/h1-7,16,18H,8-14H2,(H,22,26)/t18-/m1/s1. The lowest BCUT2D eigenvalue weighted by atomic mass is 9.90. The van der Waals surface area contributed by atoms with Crippen LogP contribution >= 0.6 is 11.8 Å². The largest absolute Gasteiger partial charge is 0.355 e. The number of piperidine rings is 1. The quantitative estimate of drug-likeness (QED) is 0.838. The second-order valence-corrected chi connectivity index (χ2v) is 8.48. The smallest absolute Gasteiger partial charge is 0.272 e. The molecule has 3 heterocycles. The highest BCUT2D eigenvalue weighted by Gasteiger charge is 2.27. The summed E-state index contributed by atoms with van der Waals surface area (Å²) < 4.78 is 0. The summed E-state index contributed by atoms with van der Waals surface area (Å²) in [6.07, 6.45) is 4.05. The van der Waals surface area contributed by atoms with E-state index in [0.717, 1.165) is 43.9 Å². The number of nitrogens with zero attached hydrogens (tertiary/aromatic N) is 3. The Morgan fingerprint density at radius 1 is 1.07 bits per heavy atom. The van der Waals surface area contributed by atoms with Crippen LogP contribution in [0.4, 0.5) is 5.82 Å². The van der Waals surface area contributed by atoms with Gasteiger partial charge in [-0.2, -0.15) is 0 Å². The molecule has 28 heavy (non-hydrogen) atoms. The Bertz CT molecular complexity index is 820. The minimum Gasteiger partial charge on any atom is -0.355 e. The van der Waals surface area contributed by atoms with Gasteiger partial charge >= 0.3 is 0 Å². The molecule has 4 rings (SSSR count). The van der Waals surface area contributed by atoms with Crippen LogP contribution in [0.25, 0.3) is 0 Å². The van der Waals surface area contributed by atoms with Crippen molar-refractivity contribution in [3.8, 4) is 0 Å². The number of amides is 1. The number of anilines is 1. The number of carbonyl (C=O) groups excluding carboxylic acids is 2. The lowest BCUT2D eigenvalue weighted by Crippen LogP contribution is -2.38. The number of aromatic nitrogens is 2. The van der Waals surface area contributed by atoms with Gasteiger partial charge in [-0.3, -0.25) is 9.59 Å². The number of benzene rings is 1. The molecule has 2 aromatic rings. The first-order valence-electron chi connectivity index (χ1n) is 9.79. The number of hydrogen-bond donors (Lipinski definition) is 1. The number of rotatable bonds is 5. The lowest BCUT2D eigenvalue weighted by molar-refractivity contribution is -0.112. The maximum atomic E-state index is 12.3. The highest BCUT2D eigenvalue weighted by Crippen LogP contribution is 2.24. The minimum absolute atomic E-state index is 0.0244. The van der Waals surface area contributed by atoms with Crippen LogP contribution in [0.2, 0.25) is 0 Å². The molecule has 6 nitrogen and oxygen atoms in total. The maximum absolute atomic E-state index is 12.3. The van der Waals surface area contributed by atoms with E-state index in [0.29, 0.717) is 12.3 Å². The Morgan fingerprint density at radius 2 is 1.86 bits per heavy atom. The second-order valence-electron chi connectivity index (χ2n) is 7.38. The van der Waals surface area contributed by atoms with Crippen LogP contribution in [-0.2, 0) is 11.2 Å². The van der Waals surface area contributed by atoms with Crippen molar-refractivity contribution in [1.82, 2.24) is 15.5 Å². The van der Waals surface area contributed by atoms with E-state index >= 15 is 0 Å². The van der Waals surface area contributed by atoms with E-state index in [1.165, 1.54) is 17.3 Å². The van der Waals surface area contributed by atoms with Gasteiger partial charge in [0.2, 0.25) is 5.12 Å². The Balaban J connectivity index is 1.29. The molecule has 2 aliphatic rings. The molecule has 0 unspecified atom stereocenters. The zero-order chi connectivity index (χ0) is 19.3. The third kappa shape index (κ3) is 4.52. The third-order valence-electron chi connectivity index (χ3n) is 5.43. The van der Waals surface area contributed by atoms with Gasteiger partial charge < -0.3 is 10.2 Å². The average Bonchev–Trinajstić information content (AvgIpc) is 3.14. The van der Waals surface area contributed by atoms with Gasteiger partial charge in [0.25, 0.3) is 5.91 Å². The van der Waals surface area contributed by atoms with Crippen molar-refractivity contribution in [3.05, 3.63) is 53.7 Å². The van der Waals surface area contributed by atoms with Crippen molar-refractivity contribution < 1.29 is 9.59 Å². The van der Waals surface area contributed by atoms with Crippen molar-refractivity contribution in [2.45, 2.75) is 31.7 Å². The van der Waals surface area contributed by atoms with E-state index < -0.39 is 6.04 Å². The highest BCUT2D eigenvalue weighted by atomic mass is 32.2. The molecule has 2 saturated heterocycles. The molecular formula is C21H24N4O2S. The molecule has 1 atom stereocenters. The van der Waals surface area contributed by atoms with E-state index in [2.05, 4.69) is 50.7 Å². The molecule has 1 aromatic carbocycles. The molecule has 0 saturated carbocycles. The van der Waals surface area contributed by atoms with Crippen molar-refractivity contribution in [2.24, 2.45) is 5.92 Å². The van der Waals surface area contributed by atoms with Gasteiger partial charge in [-0.15, -0.1) is 10.2 Å². The van der Waals surface area contributed by atoms with E-state index in [-0.39, 0.29) is 16.7 Å². The van der Waals surface area contributed by atoms with E-state index in [9.17, 15) is 9.59 Å². The SMILES string of the molecule is O=C(N[C@@H]1CCSC1=O)c1ccc(N2CCC(Cc3ccccc3)CC2)nn1. The van der Waals surface area contributed by atoms with Crippen LogP contribution in [0, 0.1) is 5.92 Å². The second kappa shape index (κ2) is 8.73. The van der Waals surface area contributed by atoms with E-state index in [4.69, 9.17) is 0 Å². The Morgan fingerprint density at radius 3 is 2.50 bits per heavy atom. The first-order valence-corrected chi connectivity index (χ1v) is 10.8. The van der Waals surface area contributed by atoms with Crippen LogP contribution in [0.15, 0.2) is 42.5 Å². The Labute approximate surface area is 169 Å². The number of carbonyl (C=O) groups is 2. The summed E-state index contributed by atoms with van der Waals surface area (Å²) in [4.78, 5) is 26.1. The molecule has 1 aromatic heterocycles. The molecule has 2 aliphatic heterocycles. The molecule has 0 aliphatic carbocycles. The van der Waals surface area contributed by atoms with Gasteiger partial charge in [0.05, 0.1) is 6.04 Å². The minimum atomic E-state index is -0.400. The van der Waals surface area contributed by atoms with Crippen LogP contribution in [0.1, 0.15) is 35.3 Å². The third-order valence-corrected chi connectivity index (χ3v) is 6.44. The zero-order valence-corrected chi connectivity index (χ0v) is 16.5. The number of nitrogens with one attached hydrogen (secondary N) is 1. The lowest BCUT2D eigenvalue weighted by Gasteiger charge is -2.32. The number of hydrogen-bond acceptors (Lipinski definition) is 6. The van der Waals surface area contributed by atoms with Gasteiger partial charge in [0.1, 0.15) is 0 Å². The van der Waals surface area contributed by atoms with Gasteiger partial charge in [-0.05, 0) is 49.3 Å². The molecule has 0 radical (unpaired) electrons. The predicted molar refractivity (Wildman–Crippen MR) is 110 cm³/mol. The van der Waals surface area contributed by atoms with Gasteiger partial charge in [-0.25, -0.2) is 0 Å².